The molecule has 0 amide bonds. The van der Waals surface area contributed by atoms with E-state index in [9.17, 15) is 14.4 Å². The van der Waals surface area contributed by atoms with E-state index in [1.165, 1.54) is 6.07 Å². The Bertz CT molecular complexity index is 890. The van der Waals surface area contributed by atoms with E-state index in [0.717, 1.165) is 16.7 Å². The highest BCUT2D eigenvalue weighted by Gasteiger charge is 2.22. The summed E-state index contributed by atoms with van der Waals surface area (Å²) in [6, 6.07) is 4.92. The van der Waals surface area contributed by atoms with Gasteiger partial charge >= 0.3 is 11.4 Å². The van der Waals surface area contributed by atoms with E-state index in [1.54, 1.807) is 6.07 Å². The predicted octanol–water partition coefficient (Wildman–Crippen LogP) is 0.0849. The average molecular weight is 246 g/mol. The zero-order valence-corrected chi connectivity index (χ0v) is 8.62. The van der Waals surface area contributed by atoms with Crippen LogP contribution in [0.3, 0.4) is 0 Å². The van der Waals surface area contributed by atoms with E-state index in [4.69, 9.17) is 9.78 Å². The Morgan fingerprint density at radius 1 is 1.56 bits per heavy atom. The smallest absolute Gasteiger partial charge is 0.460 e. The number of aromatic nitrogens is 3. The number of fused-ring (bicyclic) bond motifs is 3. The second-order valence-corrected chi connectivity index (χ2v) is 3.47. The van der Waals surface area contributed by atoms with Crippen LogP contribution in [0.4, 0.5) is 4.39 Å². The zero-order valence-electron chi connectivity index (χ0n) is 8.62. The van der Waals surface area contributed by atoms with Gasteiger partial charge in [-0.15, -0.1) is 9.56 Å². The fraction of sp³-hybridized carbons (Fsp3) is 0. The van der Waals surface area contributed by atoms with Crippen LogP contribution >= 0.6 is 0 Å². The fourth-order valence-corrected chi connectivity index (χ4v) is 1.72. The molecular formula is C10H3FN4O3. The normalized spacial score (nSPS) is 10.9. The van der Waals surface area contributed by atoms with Gasteiger partial charge in [-0.1, -0.05) is 0 Å². The van der Waals surface area contributed by atoms with Crippen LogP contribution in [0.15, 0.2) is 27.5 Å². The van der Waals surface area contributed by atoms with Crippen LogP contribution < -0.4 is 10.5 Å². The molecule has 0 fully saturated rings. The third-order valence-corrected chi connectivity index (χ3v) is 2.45. The number of benzene rings is 1. The van der Waals surface area contributed by atoms with Crippen molar-refractivity contribution in [3.8, 4) is 6.07 Å². The van der Waals surface area contributed by atoms with Gasteiger partial charge in [-0.25, -0.2) is 9.18 Å². The van der Waals surface area contributed by atoms with Gasteiger partial charge in [-0.2, -0.15) is 9.99 Å². The van der Waals surface area contributed by atoms with Crippen molar-refractivity contribution in [2.24, 2.45) is 0 Å². The topological polar surface area (TPSA) is 98.2 Å². The van der Waals surface area contributed by atoms with Crippen LogP contribution in [0.2, 0.25) is 0 Å². The molecule has 0 aliphatic rings. The standard InChI is InChI=1S/C10H3FN4O3/c11-5-1-2-6-7(3-5)14(17)8(4-12)9-13-10(16)18-15(6)9/h1-3H. The van der Waals surface area contributed by atoms with Crippen LogP contribution in [0, 0.1) is 22.4 Å². The Morgan fingerprint density at radius 2 is 2.33 bits per heavy atom. The van der Waals surface area contributed by atoms with E-state index in [0.29, 0.717) is 0 Å². The number of hydrogen-bond donors (Lipinski definition) is 0. The van der Waals surface area contributed by atoms with E-state index in [-0.39, 0.29) is 21.4 Å². The van der Waals surface area contributed by atoms with Crippen LogP contribution in [-0.4, -0.2) is 9.56 Å². The molecule has 0 saturated carbocycles. The van der Waals surface area contributed by atoms with E-state index in [1.807, 2.05) is 0 Å². The second-order valence-electron chi connectivity index (χ2n) is 3.47. The van der Waals surface area contributed by atoms with E-state index < -0.39 is 17.3 Å². The van der Waals surface area contributed by atoms with Gasteiger partial charge < -0.3 is 9.73 Å². The summed E-state index contributed by atoms with van der Waals surface area (Å²) in [6.45, 7) is 0. The molecule has 88 valence electrons. The molecule has 0 bridgehead atoms. The van der Waals surface area contributed by atoms with Gasteiger partial charge in [0.2, 0.25) is 5.52 Å². The Balaban J connectivity index is 2.70. The molecule has 0 N–H and O–H groups in total. The molecule has 2 heterocycles. The summed E-state index contributed by atoms with van der Waals surface area (Å²) < 4.78 is 19.0. The summed E-state index contributed by atoms with van der Waals surface area (Å²) in [5, 5.41) is 20.8. The maximum atomic E-state index is 13.1. The highest BCUT2D eigenvalue weighted by atomic mass is 19.1. The summed E-state index contributed by atoms with van der Waals surface area (Å²) in [5.74, 6) is -1.58. The SMILES string of the molecule is N#Cc1c2nc(=O)on2c2ccc(F)cc2[n+]1[O-]. The maximum absolute atomic E-state index is 13.1. The lowest BCUT2D eigenvalue weighted by atomic mass is 10.3. The van der Waals surface area contributed by atoms with Crippen molar-refractivity contribution in [3.63, 3.8) is 0 Å². The second kappa shape index (κ2) is 3.27. The maximum Gasteiger partial charge on any atom is 0.460 e. The first-order chi connectivity index (χ1) is 8.61. The first-order valence-electron chi connectivity index (χ1n) is 4.77. The van der Waals surface area contributed by atoms with E-state index in [2.05, 4.69) is 4.98 Å². The summed E-state index contributed by atoms with van der Waals surface area (Å²) in [6.07, 6.45) is 0. The minimum Gasteiger partial charge on any atom is -0.617 e. The van der Waals surface area contributed by atoms with Gasteiger partial charge in [0.05, 0.1) is 0 Å². The zero-order chi connectivity index (χ0) is 12.9. The molecule has 0 radical (unpaired) electrons. The fourth-order valence-electron chi connectivity index (χ4n) is 1.72. The van der Waals surface area contributed by atoms with Crippen molar-refractivity contribution < 1.29 is 13.6 Å². The molecule has 1 aromatic carbocycles. The number of nitrogens with zero attached hydrogens (tertiary/aromatic N) is 4. The largest absolute Gasteiger partial charge is 0.617 e. The molecule has 0 spiro atoms. The lowest BCUT2D eigenvalue weighted by molar-refractivity contribution is -0.579. The quantitative estimate of drug-likeness (QED) is 0.413. The highest BCUT2D eigenvalue weighted by Crippen LogP contribution is 2.15. The van der Waals surface area contributed by atoms with E-state index >= 15 is 0 Å². The van der Waals surface area contributed by atoms with Gasteiger partial charge in [0, 0.05) is 6.07 Å². The molecular weight excluding hydrogens is 243 g/mol. The first kappa shape index (κ1) is 10.2. The predicted molar refractivity (Wildman–Crippen MR) is 54.9 cm³/mol. The molecule has 18 heavy (non-hydrogen) atoms. The van der Waals surface area contributed by atoms with Gasteiger partial charge in [-0.3, -0.25) is 0 Å². The minimum absolute atomic E-state index is 0.125. The van der Waals surface area contributed by atoms with Gasteiger partial charge in [0.1, 0.15) is 5.82 Å². The molecule has 7 nitrogen and oxygen atoms in total. The molecule has 0 aliphatic carbocycles. The Morgan fingerprint density at radius 3 is 3.06 bits per heavy atom. The lowest BCUT2D eigenvalue weighted by Crippen LogP contribution is -2.33. The third kappa shape index (κ3) is 1.18. The summed E-state index contributed by atoms with van der Waals surface area (Å²) >= 11 is 0. The van der Waals surface area contributed by atoms with Crippen LogP contribution in [0.1, 0.15) is 5.69 Å². The monoisotopic (exact) mass is 246 g/mol. The van der Waals surface area contributed by atoms with Crippen LogP contribution in [0.25, 0.3) is 16.7 Å². The van der Waals surface area contributed by atoms with Gasteiger partial charge in [0.15, 0.2) is 11.6 Å². The molecule has 0 saturated heterocycles. The highest BCUT2D eigenvalue weighted by molar-refractivity contribution is 5.74. The van der Waals surface area contributed by atoms with Crippen molar-refractivity contribution in [3.05, 3.63) is 45.5 Å². The molecule has 2 aromatic heterocycles. The lowest BCUT2D eigenvalue weighted by Gasteiger charge is -2.04. The molecule has 3 aromatic rings. The summed E-state index contributed by atoms with van der Waals surface area (Å²) in [4.78, 5) is 14.5. The number of rotatable bonds is 0. The molecule has 0 atom stereocenters. The summed E-state index contributed by atoms with van der Waals surface area (Å²) in [7, 11) is 0. The molecule has 3 rings (SSSR count). The Labute approximate surface area is 97.5 Å². The number of hydrogen-bond acceptors (Lipinski definition) is 5. The van der Waals surface area contributed by atoms with Gasteiger partial charge in [-0.05, 0) is 12.1 Å². The Kier molecular flexibility index (Phi) is 1.86. The minimum atomic E-state index is -0.941. The molecule has 0 aliphatic heterocycles. The van der Waals surface area contributed by atoms with Crippen molar-refractivity contribution in [2.75, 3.05) is 0 Å². The molecule has 8 heteroatoms. The average Bonchev–Trinajstić information content (AvgIpc) is 2.71. The molecule has 0 unspecified atom stereocenters. The first-order valence-corrected chi connectivity index (χ1v) is 4.77. The van der Waals surface area contributed by atoms with Crippen LogP contribution in [0.5, 0.6) is 0 Å². The number of halogens is 1. The van der Waals surface area contributed by atoms with Crippen molar-refractivity contribution in [1.82, 2.24) is 9.56 Å². The van der Waals surface area contributed by atoms with Crippen molar-refractivity contribution >= 4 is 16.7 Å². The van der Waals surface area contributed by atoms with Crippen molar-refractivity contribution in [1.29, 1.82) is 5.26 Å². The Hall–Kier alpha value is -2.95. The third-order valence-electron chi connectivity index (χ3n) is 2.45. The number of nitriles is 1. The van der Waals surface area contributed by atoms with Crippen LogP contribution in [-0.2, 0) is 0 Å². The van der Waals surface area contributed by atoms with Crippen molar-refractivity contribution in [2.45, 2.75) is 0 Å². The summed E-state index contributed by atoms with van der Waals surface area (Å²) in [5.41, 5.74) is -0.606. The van der Waals surface area contributed by atoms with Gasteiger partial charge in [0.25, 0.3) is 5.65 Å².